The van der Waals surface area contributed by atoms with Gasteiger partial charge in [0.15, 0.2) is 21.6 Å². The van der Waals surface area contributed by atoms with Crippen LogP contribution in [-0.4, -0.2) is 64.2 Å². The zero-order valence-corrected chi connectivity index (χ0v) is 23.6. The van der Waals surface area contributed by atoms with Crippen molar-refractivity contribution in [3.8, 4) is 5.75 Å². The number of nitrogens with one attached hydrogen (secondary N) is 2. The molecule has 1 fully saturated rings. The third-order valence-electron chi connectivity index (χ3n) is 6.40. The first kappa shape index (κ1) is 26.9. The van der Waals surface area contributed by atoms with Crippen molar-refractivity contribution in [1.82, 2.24) is 18.0 Å². The van der Waals surface area contributed by atoms with Gasteiger partial charge in [0.2, 0.25) is 0 Å². The maximum absolute atomic E-state index is 13.2. The van der Waals surface area contributed by atoms with Gasteiger partial charge in [0.05, 0.1) is 29.7 Å². The normalized spacial score (nSPS) is 16.6. The fourth-order valence-electron chi connectivity index (χ4n) is 4.05. The number of aromatic nitrogens is 2. The minimum Gasteiger partial charge on any atom is -0.504 e. The topological polar surface area (TPSA) is 124 Å². The molecule has 0 aliphatic carbocycles. The van der Waals surface area contributed by atoms with E-state index >= 15 is 0 Å². The van der Waals surface area contributed by atoms with Gasteiger partial charge in [-0.15, -0.1) is 11.3 Å². The number of rotatable bonds is 10. The predicted molar refractivity (Wildman–Crippen MR) is 144 cm³/mol. The van der Waals surface area contributed by atoms with Gasteiger partial charge < -0.3 is 25.1 Å². The van der Waals surface area contributed by atoms with Crippen LogP contribution in [0, 0.1) is 5.92 Å². The summed E-state index contributed by atoms with van der Waals surface area (Å²) in [6.07, 6.45) is 1.78. The Bertz CT molecular complexity index is 1260. The van der Waals surface area contributed by atoms with Crippen LogP contribution in [0.2, 0.25) is 0 Å². The van der Waals surface area contributed by atoms with Gasteiger partial charge in [-0.05, 0) is 30.0 Å². The molecule has 1 aliphatic heterocycles. The van der Waals surface area contributed by atoms with Crippen molar-refractivity contribution in [3.05, 3.63) is 29.0 Å². The van der Waals surface area contributed by atoms with Crippen molar-refractivity contribution in [1.29, 1.82) is 0 Å². The Hall–Kier alpha value is -2.19. The first-order valence-corrected chi connectivity index (χ1v) is 15.1. The average molecular weight is 555 g/mol. The number of sulfonamides is 1. The van der Waals surface area contributed by atoms with Gasteiger partial charge in [0.1, 0.15) is 5.76 Å². The van der Waals surface area contributed by atoms with Gasteiger partial charge in [-0.1, -0.05) is 34.6 Å². The average Bonchev–Trinajstić information content (AvgIpc) is 3.58. The maximum Gasteiger partial charge on any atom is 0.256 e. The van der Waals surface area contributed by atoms with E-state index < -0.39 is 10.0 Å². The van der Waals surface area contributed by atoms with Crippen LogP contribution in [0.5, 0.6) is 5.75 Å². The van der Waals surface area contributed by atoms with E-state index in [1.165, 1.54) is 4.31 Å². The summed E-state index contributed by atoms with van der Waals surface area (Å²) in [6.45, 7) is 13.5. The minimum atomic E-state index is -3.79. The molecule has 0 aromatic carbocycles. The third kappa shape index (κ3) is 5.54. The van der Waals surface area contributed by atoms with E-state index in [2.05, 4.69) is 65.0 Å². The van der Waals surface area contributed by atoms with Crippen molar-refractivity contribution in [2.45, 2.75) is 50.8 Å². The smallest absolute Gasteiger partial charge is 0.256 e. The van der Waals surface area contributed by atoms with Crippen LogP contribution in [0.1, 0.15) is 57.9 Å². The van der Waals surface area contributed by atoms with E-state index in [0.717, 1.165) is 40.9 Å². The lowest BCUT2D eigenvalue weighted by atomic mass is 9.99. The summed E-state index contributed by atoms with van der Waals surface area (Å²) in [7, 11) is -3.79. The lowest BCUT2D eigenvalue weighted by Gasteiger charge is -2.32. The second-order valence-electron chi connectivity index (χ2n) is 9.51. The molecule has 0 saturated carbocycles. The molecular formula is C23H34N6O4S3. The third-order valence-corrected chi connectivity index (χ3v) is 10.3. The molecule has 0 spiro atoms. The lowest BCUT2D eigenvalue weighted by molar-refractivity contribution is 0.196. The summed E-state index contributed by atoms with van der Waals surface area (Å²) in [5.41, 5.74) is 1.41. The molecule has 3 N–H and O–H groups in total. The molecule has 3 aromatic rings. The Labute approximate surface area is 220 Å². The minimum absolute atomic E-state index is 0.0653. The van der Waals surface area contributed by atoms with Crippen LogP contribution >= 0.6 is 23.1 Å². The zero-order chi connectivity index (χ0) is 26.0. The number of aromatic hydroxyl groups is 1. The molecule has 13 heteroatoms. The second-order valence-corrected chi connectivity index (χ2v) is 13.1. The predicted octanol–water partition coefficient (Wildman–Crippen LogP) is 4.90. The number of piperazine rings is 1. The van der Waals surface area contributed by atoms with E-state index in [-0.39, 0.29) is 27.6 Å². The van der Waals surface area contributed by atoms with Gasteiger partial charge in [0, 0.05) is 31.6 Å². The molecule has 1 aliphatic rings. The second kappa shape index (κ2) is 11.1. The molecule has 1 saturated heterocycles. The van der Waals surface area contributed by atoms with E-state index in [1.54, 1.807) is 11.6 Å². The standard InChI is InChI=1S/C23H34N6O4S3/c1-6-28-7-9-29(10-8-28)36(31,32)23-20(30)17(13-34-23)24-21-22(27-35-26-21)25-19(15(4)5)18-11-16(12-33-18)14(2)3/h11-15,19,30H,6-10H2,1-5H3,(H,24,26)(H,25,27)/t19-/m1/s1. The Morgan fingerprint density at radius 1 is 1.14 bits per heavy atom. The molecular weight excluding hydrogens is 520 g/mol. The SMILES string of the molecule is CCN1CCN(S(=O)(=O)c2scc(Nc3nsnc3N[C@@H](c3cc(C(C)C)co3)C(C)C)c2O)CC1. The highest BCUT2D eigenvalue weighted by Gasteiger charge is 2.33. The molecule has 4 heterocycles. The summed E-state index contributed by atoms with van der Waals surface area (Å²) < 4.78 is 42.3. The monoisotopic (exact) mass is 554 g/mol. The first-order chi connectivity index (χ1) is 17.1. The van der Waals surface area contributed by atoms with Crippen LogP contribution in [0.25, 0.3) is 0 Å². The maximum atomic E-state index is 13.2. The Balaban J connectivity index is 1.51. The molecule has 0 unspecified atom stereocenters. The number of nitrogens with zero attached hydrogens (tertiary/aromatic N) is 4. The van der Waals surface area contributed by atoms with Gasteiger partial charge in [-0.3, -0.25) is 0 Å². The molecule has 3 aromatic heterocycles. The largest absolute Gasteiger partial charge is 0.504 e. The van der Waals surface area contributed by atoms with Crippen molar-refractivity contribution < 1.29 is 17.9 Å². The zero-order valence-electron chi connectivity index (χ0n) is 21.2. The highest BCUT2D eigenvalue weighted by atomic mass is 32.2. The molecule has 36 heavy (non-hydrogen) atoms. The van der Waals surface area contributed by atoms with Crippen molar-refractivity contribution in [2.75, 3.05) is 43.4 Å². The molecule has 10 nitrogen and oxygen atoms in total. The van der Waals surface area contributed by atoms with Crippen molar-refractivity contribution >= 4 is 50.4 Å². The number of thiophene rings is 1. The quantitative estimate of drug-likeness (QED) is 0.321. The van der Waals surface area contributed by atoms with Crippen molar-refractivity contribution in [2.24, 2.45) is 5.92 Å². The summed E-state index contributed by atoms with van der Waals surface area (Å²) in [5.74, 6) is 1.98. The number of furan rings is 1. The van der Waals surface area contributed by atoms with Gasteiger partial charge >= 0.3 is 0 Å². The Kier molecular flexibility index (Phi) is 8.25. The van der Waals surface area contributed by atoms with E-state index in [0.29, 0.717) is 43.7 Å². The first-order valence-electron chi connectivity index (χ1n) is 12.1. The molecule has 1 atom stereocenters. The summed E-state index contributed by atoms with van der Waals surface area (Å²) >= 11 is 2.02. The highest BCUT2D eigenvalue weighted by molar-refractivity contribution is 7.91. The molecule has 0 bridgehead atoms. The summed E-state index contributed by atoms with van der Waals surface area (Å²) in [4.78, 5) is 2.20. The van der Waals surface area contributed by atoms with Crippen molar-refractivity contribution in [3.63, 3.8) is 0 Å². The number of hydrogen-bond acceptors (Lipinski definition) is 11. The Morgan fingerprint density at radius 2 is 1.83 bits per heavy atom. The van der Waals surface area contributed by atoms with Crippen LogP contribution in [0.3, 0.4) is 0 Å². The van der Waals surface area contributed by atoms with Gasteiger partial charge in [-0.25, -0.2) is 8.42 Å². The van der Waals surface area contributed by atoms with E-state index in [1.807, 2.05) is 0 Å². The molecule has 0 amide bonds. The lowest BCUT2D eigenvalue weighted by Crippen LogP contribution is -2.48. The fourth-order valence-corrected chi connectivity index (χ4v) is 7.32. The van der Waals surface area contributed by atoms with Gasteiger partial charge in [0.25, 0.3) is 10.0 Å². The molecule has 198 valence electrons. The summed E-state index contributed by atoms with van der Waals surface area (Å²) in [5, 5.41) is 18.9. The molecule has 0 radical (unpaired) electrons. The summed E-state index contributed by atoms with van der Waals surface area (Å²) in [6, 6.07) is 1.91. The van der Waals surface area contributed by atoms with E-state index in [4.69, 9.17) is 4.42 Å². The number of anilines is 3. The number of hydrogen-bond donors (Lipinski definition) is 3. The number of likely N-dealkylation sites (N-methyl/N-ethyl adjacent to an activating group) is 1. The van der Waals surface area contributed by atoms with Crippen LogP contribution in [0.4, 0.5) is 17.3 Å². The molecule has 4 rings (SSSR count). The van der Waals surface area contributed by atoms with E-state index in [9.17, 15) is 13.5 Å². The van der Waals surface area contributed by atoms with Crippen LogP contribution in [0.15, 0.2) is 26.3 Å². The van der Waals surface area contributed by atoms with Crippen LogP contribution < -0.4 is 10.6 Å². The van der Waals surface area contributed by atoms with Gasteiger partial charge in [-0.2, -0.15) is 13.1 Å². The Morgan fingerprint density at radius 3 is 2.44 bits per heavy atom. The highest BCUT2D eigenvalue weighted by Crippen LogP contribution is 2.42. The fraction of sp³-hybridized carbons (Fsp3) is 0.565. The van der Waals surface area contributed by atoms with Crippen LogP contribution in [-0.2, 0) is 10.0 Å².